The van der Waals surface area contributed by atoms with E-state index in [0.717, 1.165) is 25.1 Å². The summed E-state index contributed by atoms with van der Waals surface area (Å²) in [5.74, 6) is 0.706. The maximum atomic E-state index is 12.7. The number of rotatable bonds is 4. The van der Waals surface area contributed by atoms with Crippen molar-refractivity contribution in [3.8, 4) is 0 Å². The molecule has 2 aromatic rings. The van der Waals surface area contributed by atoms with E-state index >= 15 is 0 Å². The van der Waals surface area contributed by atoms with Crippen LogP contribution in [-0.4, -0.2) is 41.0 Å². The van der Waals surface area contributed by atoms with Gasteiger partial charge in [0.15, 0.2) is 0 Å². The van der Waals surface area contributed by atoms with Crippen LogP contribution in [0.1, 0.15) is 29.8 Å². The molecule has 0 aliphatic carbocycles. The number of nitrogens with one attached hydrogen (secondary N) is 1. The van der Waals surface area contributed by atoms with Crippen molar-refractivity contribution in [2.45, 2.75) is 25.8 Å². The van der Waals surface area contributed by atoms with Crippen LogP contribution < -0.4 is 5.32 Å². The van der Waals surface area contributed by atoms with Gasteiger partial charge in [0.1, 0.15) is 5.82 Å². The van der Waals surface area contributed by atoms with E-state index in [9.17, 15) is 4.79 Å². The number of amides is 2. The summed E-state index contributed by atoms with van der Waals surface area (Å²) in [6.07, 6.45) is 1.62. The van der Waals surface area contributed by atoms with Gasteiger partial charge in [-0.1, -0.05) is 24.3 Å². The molecule has 0 saturated heterocycles. The van der Waals surface area contributed by atoms with Crippen LogP contribution in [0.5, 0.6) is 0 Å². The molecule has 1 aliphatic rings. The Bertz CT molecular complexity index is 726. The van der Waals surface area contributed by atoms with E-state index in [1.54, 1.807) is 11.8 Å². The van der Waals surface area contributed by atoms with E-state index in [4.69, 9.17) is 4.74 Å². The molecule has 0 bridgehead atoms. The van der Waals surface area contributed by atoms with E-state index < -0.39 is 0 Å². The average Bonchev–Trinajstić information content (AvgIpc) is 2.93. The lowest BCUT2D eigenvalue weighted by Crippen LogP contribution is -2.41. The molecule has 0 fully saturated rings. The lowest BCUT2D eigenvalue weighted by atomic mass is 9.94. The number of nitrogens with zero attached hydrogens (tertiary/aromatic N) is 3. The van der Waals surface area contributed by atoms with Gasteiger partial charge in [0.25, 0.3) is 0 Å². The topological polar surface area (TPSA) is 59.4 Å². The maximum absolute atomic E-state index is 12.7. The maximum Gasteiger partial charge on any atom is 0.323 e. The number of ether oxygens (including phenoxy) is 1. The number of hydrogen-bond acceptors (Lipinski definition) is 3. The molecule has 6 heteroatoms. The van der Waals surface area contributed by atoms with Crippen molar-refractivity contribution in [3.63, 3.8) is 0 Å². The second-order valence-electron chi connectivity index (χ2n) is 6.14. The minimum atomic E-state index is -0.0849. The molecule has 6 nitrogen and oxygen atoms in total. The van der Waals surface area contributed by atoms with Gasteiger partial charge in [-0.05, 0) is 24.5 Å². The Kier molecular flexibility index (Phi) is 4.85. The first-order valence-electron chi connectivity index (χ1n) is 8.27. The van der Waals surface area contributed by atoms with Crippen LogP contribution in [0.25, 0.3) is 0 Å². The van der Waals surface area contributed by atoms with Gasteiger partial charge in [0, 0.05) is 33.2 Å². The van der Waals surface area contributed by atoms with Crippen LogP contribution in [0.2, 0.25) is 0 Å². The van der Waals surface area contributed by atoms with Crippen LogP contribution in [0.15, 0.2) is 30.3 Å². The quantitative estimate of drug-likeness (QED) is 0.939. The van der Waals surface area contributed by atoms with E-state index in [0.29, 0.717) is 12.4 Å². The first-order chi connectivity index (χ1) is 11.6. The highest BCUT2D eigenvalue weighted by Gasteiger charge is 2.27. The predicted octanol–water partition coefficient (Wildman–Crippen LogP) is 2.76. The lowest BCUT2D eigenvalue weighted by Gasteiger charge is -2.35. The molecule has 1 aromatic heterocycles. The third-order valence-corrected chi connectivity index (χ3v) is 4.58. The molecular weight excluding hydrogens is 304 g/mol. The van der Waals surface area contributed by atoms with Gasteiger partial charge in [-0.25, -0.2) is 4.79 Å². The fourth-order valence-corrected chi connectivity index (χ4v) is 3.20. The average molecular weight is 328 g/mol. The fourth-order valence-electron chi connectivity index (χ4n) is 3.20. The molecule has 0 saturated carbocycles. The fraction of sp³-hybridized carbons (Fsp3) is 0.444. The molecule has 1 N–H and O–H groups in total. The third-order valence-electron chi connectivity index (χ3n) is 4.58. The number of benzene rings is 1. The summed E-state index contributed by atoms with van der Waals surface area (Å²) in [4.78, 5) is 14.6. The Morgan fingerprint density at radius 3 is 3.00 bits per heavy atom. The predicted molar refractivity (Wildman–Crippen MR) is 93.1 cm³/mol. The van der Waals surface area contributed by atoms with Crippen molar-refractivity contribution in [1.29, 1.82) is 0 Å². The SMILES string of the molecule is COCCc1cc(NC(=O)N2CCc3ccccc3C2C)n(C)n1. The highest BCUT2D eigenvalue weighted by Crippen LogP contribution is 2.29. The Balaban J connectivity index is 1.71. The van der Waals surface area contributed by atoms with E-state index in [-0.39, 0.29) is 12.1 Å². The smallest absolute Gasteiger partial charge is 0.323 e. The molecule has 1 unspecified atom stereocenters. The van der Waals surface area contributed by atoms with Gasteiger partial charge >= 0.3 is 6.03 Å². The van der Waals surface area contributed by atoms with Gasteiger partial charge in [-0.3, -0.25) is 10.00 Å². The zero-order chi connectivity index (χ0) is 17.1. The van der Waals surface area contributed by atoms with Crippen LogP contribution >= 0.6 is 0 Å². The number of fused-ring (bicyclic) bond motifs is 1. The number of carbonyl (C=O) groups excluding carboxylic acids is 1. The number of urea groups is 1. The van der Waals surface area contributed by atoms with Gasteiger partial charge < -0.3 is 9.64 Å². The minimum absolute atomic E-state index is 0.0659. The summed E-state index contributed by atoms with van der Waals surface area (Å²) >= 11 is 0. The summed E-state index contributed by atoms with van der Waals surface area (Å²) < 4.78 is 6.77. The van der Waals surface area contributed by atoms with Crippen molar-refractivity contribution in [3.05, 3.63) is 47.2 Å². The molecule has 24 heavy (non-hydrogen) atoms. The number of carbonyl (C=O) groups is 1. The van der Waals surface area contributed by atoms with Crippen molar-refractivity contribution in [2.75, 3.05) is 25.6 Å². The standard InChI is InChI=1S/C18H24N4O2/c1-13-16-7-5-4-6-14(16)8-10-22(13)18(23)19-17-12-15(9-11-24-3)20-21(17)2/h4-7,12-13H,8-11H2,1-3H3,(H,19,23). The van der Waals surface area contributed by atoms with Crippen molar-refractivity contribution >= 4 is 11.8 Å². The van der Waals surface area contributed by atoms with E-state index in [1.807, 2.05) is 24.1 Å². The molecule has 1 aromatic carbocycles. The monoisotopic (exact) mass is 328 g/mol. The molecule has 3 rings (SSSR count). The third kappa shape index (κ3) is 3.28. The van der Waals surface area contributed by atoms with E-state index in [2.05, 4.69) is 35.5 Å². The Labute approximate surface area is 142 Å². The summed E-state index contributed by atoms with van der Waals surface area (Å²) in [6, 6.07) is 10.2. The molecule has 128 valence electrons. The summed E-state index contributed by atoms with van der Waals surface area (Å²) in [7, 11) is 3.50. The molecule has 0 radical (unpaired) electrons. The highest BCUT2D eigenvalue weighted by atomic mass is 16.5. The van der Waals surface area contributed by atoms with Crippen molar-refractivity contribution < 1.29 is 9.53 Å². The zero-order valence-corrected chi connectivity index (χ0v) is 14.5. The number of anilines is 1. The summed E-state index contributed by atoms with van der Waals surface area (Å²) in [5, 5.41) is 7.39. The minimum Gasteiger partial charge on any atom is -0.384 e. The Morgan fingerprint density at radius 1 is 1.42 bits per heavy atom. The molecule has 2 amide bonds. The van der Waals surface area contributed by atoms with Crippen molar-refractivity contribution in [2.24, 2.45) is 7.05 Å². The Morgan fingerprint density at radius 2 is 2.21 bits per heavy atom. The van der Waals surface area contributed by atoms with Gasteiger partial charge in [0.05, 0.1) is 18.3 Å². The number of hydrogen-bond donors (Lipinski definition) is 1. The first kappa shape index (κ1) is 16.5. The van der Waals surface area contributed by atoms with Gasteiger partial charge in [-0.15, -0.1) is 0 Å². The number of aromatic nitrogens is 2. The van der Waals surface area contributed by atoms with Crippen molar-refractivity contribution in [1.82, 2.24) is 14.7 Å². The number of methoxy groups -OCH3 is 1. The summed E-state index contributed by atoms with van der Waals surface area (Å²) in [5.41, 5.74) is 3.47. The second-order valence-corrected chi connectivity index (χ2v) is 6.14. The van der Waals surface area contributed by atoms with Gasteiger partial charge in [-0.2, -0.15) is 5.10 Å². The highest BCUT2D eigenvalue weighted by molar-refractivity contribution is 5.89. The molecule has 1 atom stereocenters. The van der Waals surface area contributed by atoms with Crippen LogP contribution in [0, 0.1) is 0 Å². The molecule has 0 spiro atoms. The normalized spacial score (nSPS) is 16.8. The number of aryl methyl sites for hydroxylation is 1. The molecular formula is C18H24N4O2. The zero-order valence-electron chi connectivity index (χ0n) is 14.5. The Hall–Kier alpha value is -2.34. The second kappa shape index (κ2) is 7.05. The molecule has 1 aliphatic heterocycles. The van der Waals surface area contributed by atoms with E-state index in [1.165, 1.54) is 11.1 Å². The first-order valence-corrected chi connectivity index (χ1v) is 8.27. The van der Waals surface area contributed by atoms with Crippen LogP contribution in [-0.2, 0) is 24.6 Å². The van der Waals surface area contributed by atoms with Crippen LogP contribution in [0.4, 0.5) is 10.6 Å². The lowest BCUT2D eigenvalue weighted by molar-refractivity contribution is 0.188. The largest absolute Gasteiger partial charge is 0.384 e. The summed E-state index contributed by atoms with van der Waals surface area (Å²) in [6.45, 7) is 3.41. The van der Waals surface area contributed by atoms with Gasteiger partial charge in [0.2, 0.25) is 0 Å². The molecule has 2 heterocycles. The van der Waals surface area contributed by atoms with Crippen LogP contribution in [0.3, 0.4) is 0 Å².